The Morgan fingerprint density at radius 1 is 1.00 bits per heavy atom. The molecule has 3 aromatic rings. The summed E-state index contributed by atoms with van der Waals surface area (Å²) in [5, 5.41) is 6.27. The van der Waals surface area contributed by atoms with Gasteiger partial charge in [0.2, 0.25) is 5.91 Å². The van der Waals surface area contributed by atoms with Crippen LogP contribution in [0.4, 0.5) is 24.7 Å². The minimum Gasteiger partial charge on any atom is -0.367 e. The molecule has 36 heavy (non-hydrogen) atoms. The minimum absolute atomic E-state index is 0.135. The maximum absolute atomic E-state index is 12.7. The maximum Gasteiger partial charge on any atom is 0.417 e. The summed E-state index contributed by atoms with van der Waals surface area (Å²) >= 11 is 1.72. The van der Waals surface area contributed by atoms with E-state index in [0.717, 1.165) is 78.3 Å². The van der Waals surface area contributed by atoms with Crippen LogP contribution in [0.5, 0.6) is 0 Å². The number of rotatable bonds is 5. The van der Waals surface area contributed by atoms with Gasteiger partial charge in [0.25, 0.3) is 0 Å². The number of fused-ring (bicyclic) bond motifs is 2. The lowest BCUT2D eigenvalue weighted by atomic mass is 9.94. The zero-order chi connectivity index (χ0) is 24.9. The van der Waals surface area contributed by atoms with Gasteiger partial charge in [-0.25, -0.2) is 9.29 Å². The molecule has 2 fully saturated rings. The first kappa shape index (κ1) is 23.4. The number of alkyl halides is 3. The van der Waals surface area contributed by atoms with Crippen molar-refractivity contribution >= 4 is 29.4 Å². The molecule has 3 heterocycles. The highest BCUT2D eigenvalue weighted by Crippen LogP contribution is 2.55. The molecule has 0 unspecified atom stereocenters. The predicted octanol–water partition coefficient (Wildman–Crippen LogP) is 6.33. The Morgan fingerprint density at radius 2 is 1.72 bits per heavy atom. The smallest absolute Gasteiger partial charge is 0.367 e. The molecule has 186 valence electrons. The first-order valence-corrected chi connectivity index (χ1v) is 12.9. The van der Waals surface area contributed by atoms with Gasteiger partial charge in [-0.1, -0.05) is 18.2 Å². The molecule has 1 amide bonds. The van der Waals surface area contributed by atoms with Gasteiger partial charge in [-0.2, -0.15) is 13.2 Å². The van der Waals surface area contributed by atoms with Crippen molar-refractivity contribution in [2.45, 2.75) is 48.2 Å². The number of hydrogen-bond donors (Lipinski definition) is 2. The lowest BCUT2D eigenvalue weighted by Gasteiger charge is -2.31. The van der Waals surface area contributed by atoms with E-state index in [1.54, 1.807) is 11.9 Å². The Balaban J connectivity index is 1.03. The Morgan fingerprint density at radius 3 is 2.36 bits per heavy atom. The van der Waals surface area contributed by atoms with Crippen LogP contribution >= 0.6 is 11.9 Å². The van der Waals surface area contributed by atoms with Crippen LogP contribution in [-0.4, -0.2) is 34.3 Å². The molecular formula is C27H25F3N4OS. The highest BCUT2D eigenvalue weighted by molar-refractivity contribution is 7.97. The Bertz CT molecular complexity index is 1280. The number of aromatic nitrogens is 1. The number of halogens is 3. The lowest BCUT2D eigenvalue weighted by Crippen LogP contribution is -2.35. The number of piperidine rings is 1. The van der Waals surface area contributed by atoms with E-state index >= 15 is 0 Å². The van der Waals surface area contributed by atoms with E-state index in [9.17, 15) is 18.0 Å². The fraction of sp³-hybridized carbons (Fsp3) is 0.333. The van der Waals surface area contributed by atoms with Crippen molar-refractivity contribution in [3.63, 3.8) is 0 Å². The third-order valence-electron chi connectivity index (χ3n) is 7.29. The lowest BCUT2D eigenvalue weighted by molar-refractivity contribution is -0.137. The van der Waals surface area contributed by atoms with Crippen molar-refractivity contribution in [1.29, 1.82) is 0 Å². The van der Waals surface area contributed by atoms with Crippen LogP contribution < -0.4 is 10.6 Å². The van der Waals surface area contributed by atoms with Crippen molar-refractivity contribution in [3.8, 4) is 11.1 Å². The van der Waals surface area contributed by atoms with Gasteiger partial charge < -0.3 is 10.6 Å². The van der Waals surface area contributed by atoms with E-state index in [4.69, 9.17) is 0 Å². The molecule has 1 aromatic heterocycles. The first-order valence-electron chi connectivity index (χ1n) is 12.1. The fourth-order valence-corrected chi connectivity index (χ4v) is 5.97. The van der Waals surface area contributed by atoms with Gasteiger partial charge in [-0.15, -0.1) is 0 Å². The summed E-state index contributed by atoms with van der Waals surface area (Å²) < 4.78 is 40.5. The van der Waals surface area contributed by atoms with Crippen LogP contribution in [0.2, 0.25) is 0 Å². The zero-order valence-corrected chi connectivity index (χ0v) is 20.3. The van der Waals surface area contributed by atoms with Crippen LogP contribution in [0.3, 0.4) is 0 Å². The van der Waals surface area contributed by atoms with Crippen LogP contribution in [-0.2, 0) is 16.4 Å². The molecular weight excluding hydrogens is 485 g/mol. The summed E-state index contributed by atoms with van der Waals surface area (Å²) in [6.45, 7) is 1.75. The van der Waals surface area contributed by atoms with Gasteiger partial charge in [0.05, 0.1) is 11.0 Å². The molecule has 6 rings (SSSR count). The average Bonchev–Trinajstić information content (AvgIpc) is 3.63. The molecule has 2 N–H and O–H groups in total. The average molecular weight is 511 g/mol. The second-order valence-electron chi connectivity index (χ2n) is 9.69. The Kier molecular flexibility index (Phi) is 5.72. The molecule has 1 saturated carbocycles. The zero-order valence-electron chi connectivity index (χ0n) is 19.4. The fourth-order valence-electron chi connectivity index (χ4n) is 5.02. The molecule has 3 aliphatic rings. The molecule has 1 spiro atoms. The quantitative estimate of drug-likeness (QED) is 0.393. The molecule has 0 bridgehead atoms. The number of hydrogen-bond acceptors (Lipinski definition) is 5. The Labute approximate surface area is 211 Å². The van der Waals surface area contributed by atoms with Crippen LogP contribution in [0.25, 0.3) is 11.1 Å². The number of nitrogens with one attached hydrogen (secondary N) is 2. The molecule has 1 saturated heterocycles. The van der Waals surface area contributed by atoms with E-state index in [2.05, 4.69) is 56.3 Å². The highest BCUT2D eigenvalue weighted by Gasteiger charge is 2.56. The number of carbonyl (C=O) groups excluding carboxylic acids is 1. The normalized spacial score (nSPS) is 19.2. The van der Waals surface area contributed by atoms with E-state index in [1.807, 2.05) is 6.07 Å². The summed E-state index contributed by atoms with van der Waals surface area (Å²) in [6.07, 6.45) is 0.135. The molecule has 2 aliphatic heterocycles. The van der Waals surface area contributed by atoms with Crippen molar-refractivity contribution in [2.75, 3.05) is 23.7 Å². The van der Waals surface area contributed by atoms with Gasteiger partial charge in [-0.3, -0.25) is 4.79 Å². The number of anilines is 2. The monoisotopic (exact) mass is 510 g/mol. The Hall–Kier alpha value is -3.04. The molecule has 9 heteroatoms. The van der Waals surface area contributed by atoms with Crippen molar-refractivity contribution in [3.05, 3.63) is 71.9 Å². The SMILES string of the molecule is O=C1Nc2ccc(-c3ccc(SN4CCC(Nc5ccc(C(F)(F)F)cn5)CC4)cc3)cc2C12CC2. The van der Waals surface area contributed by atoms with E-state index < -0.39 is 11.7 Å². The molecule has 5 nitrogen and oxygen atoms in total. The minimum atomic E-state index is -4.37. The molecule has 1 aliphatic carbocycles. The molecule has 0 radical (unpaired) electrons. The summed E-state index contributed by atoms with van der Waals surface area (Å²) in [7, 11) is 0. The summed E-state index contributed by atoms with van der Waals surface area (Å²) in [6, 6.07) is 17.4. The predicted molar refractivity (Wildman–Crippen MR) is 135 cm³/mol. The van der Waals surface area contributed by atoms with E-state index in [1.165, 1.54) is 6.07 Å². The maximum atomic E-state index is 12.7. The van der Waals surface area contributed by atoms with Crippen molar-refractivity contribution < 1.29 is 18.0 Å². The van der Waals surface area contributed by atoms with E-state index in [0.29, 0.717) is 5.82 Å². The third-order valence-corrected chi connectivity index (χ3v) is 8.39. The second-order valence-corrected chi connectivity index (χ2v) is 10.9. The van der Waals surface area contributed by atoms with Gasteiger partial charge in [0.15, 0.2) is 0 Å². The summed E-state index contributed by atoms with van der Waals surface area (Å²) in [5.41, 5.74) is 3.30. The molecule has 0 atom stereocenters. The summed E-state index contributed by atoms with van der Waals surface area (Å²) in [5.74, 6) is 0.611. The van der Waals surface area contributed by atoms with E-state index in [-0.39, 0.29) is 17.4 Å². The van der Waals surface area contributed by atoms with Gasteiger partial charge in [0.1, 0.15) is 5.82 Å². The molecule has 2 aromatic carbocycles. The van der Waals surface area contributed by atoms with Crippen LogP contribution in [0.15, 0.2) is 65.7 Å². The van der Waals surface area contributed by atoms with Gasteiger partial charge in [-0.05, 0) is 90.7 Å². The van der Waals surface area contributed by atoms with Crippen LogP contribution in [0.1, 0.15) is 36.8 Å². The number of nitrogens with zero attached hydrogens (tertiary/aromatic N) is 2. The largest absolute Gasteiger partial charge is 0.417 e. The van der Waals surface area contributed by atoms with Crippen LogP contribution in [0, 0.1) is 0 Å². The standard InChI is InChI=1S/C27H25F3N4OS/c28-27(29,30)19-4-8-24(31-16-19)32-20-9-13-34(14-10-20)36-21-5-1-17(2-6-21)18-3-7-23-22(15-18)26(11-12-26)25(35)33-23/h1-8,15-16,20H,9-14H2,(H,31,32)(H,33,35). The van der Waals surface area contributed by atoms with Gasteiger partial charge in [0, 0.05) is 35.9 Å². The van der Waals surface area contributed by atoms with Crippen molar-refractivity contribution in [2.24, 2.45) is 0 Å². The number of carbonyl (C=O) groups is 1. The first-order chi connectivity index (χ1) is 17.3. The summed E-state index contributed by atoms with van der Waals surface area (Å²) in [4.78, 5) is 17.4. The highest BCUT2D eigenvalue weighted by atomic mass is 32.2. The van der Waals surface area contributed by atoms with Gasteiger partial charge >= 0.3 is 6.18 Å². The second kappa shape index (κ2) is 8.81. The third kappa shape index (κ3) is 4.46. The number of pyridine rings is 1. The number of amides is 1. The van der Waals surface area contributed by atoms with Crippen molar-refractivity contribution in [1.82, 2.24) is 9.29 Å². The number of benzene rings is 2. The topological polar surface area (TPSA) is 57.3 Å².